The molecule has 0 aliphatic carbocycles. The quantitative estimate of drug-likeness (QED) is 0.665. The van der Waals surface area contributed by atoms with Gasteiger partial charge >= 0.3 is 0 Å². The van der Waals surface area contributed by atoms with Crippen LogP contribution >= 0.6 is 0 Å². The molecule has 0 amide bonds. The van der Waals surface area contributed by atoms with Gasteiger partial charge in [0, 0.05) is 12.6 Å². The van der Waals surface area contributed by atoms with Gasteiger partial charge in [0.15, 0.2) is 0 Å². The van der Waals surface area contributed by atoms with Crippen molar-refractivity contribution in [2.24, 2.45) is 0 Å². The van der Waals surface area contributed by atoms with Crippen LogP contribution < -0.4 is 0 Å². The highest BCUT2D eigenvalue weighted by Gasteiger charge is 2.29. The summed E-state index contributed by atoms with van der Waals surface area (Å²) in [5.74, 6) is 0. The van der Waals surface area contributed by atoms with E-state index in [9.17, 15) is 5.11 Å². The minimum Gasteiger partial charge on any atom is -0.393 e. The fourth-order valence-electron chi connectivity index (χ4n) is 1.87. The Morgan fingerprint density at radius 3 is 2.54 bits per heavy atom. The number of hydrogen-bond donors (Lipinski definition) is 2. The summed E-state index contributed by atoms with van der Waals surface area (Å²) in [5.41, 5.74) is -0.816. The van der Waals surface area contributed by atoms with Crippen LogP contribution in [0.25, 0.3) is 0 Å². The Balaban J connectivity index is 2.48. The first-order valence-corrected chi connectivity index (χ1v) is 5.15. The minimum atomic E-state index is -0.816. The van der Waals surface area contributed by atoms with Crippen molar-refractivity contribution in [3.05, 3.63) is 0 Å². The van der Waals surface area contributed by atoms with Crippen LogP contribution in [0, 0.1) is 0 Å². The molecule has 1 heterocycles. The molecule has 1 rings (SSSR count). The SMILES string of the molecule is CC(C)N1CCCC(O)(CO)CC1. The van der Waals surface area contributed by atoms with Crippen molar-refractivity contribution >= 4 is 0 Å². The first-order valence-electron chi connectivity index (χ1n) is 5.15. The predicted octanol–water partition coefficient (Wildman–Crippen LogP) is 0.604. The van der Waals surface area contributed by atoms with Crippen LogP contribution in [0.2, 0.25) is 0 Å². The molecule has 1 saturated heterocycles. The third-order valence-corrected chi connectivity index (χ3v) is 2.98. The lowest BCUT2D eigenvalue weighted by Gasteiger charge is -2.26. The fourth-order valence-corrected chi connectivity index (χ4v) is 1.87. The molecule has 0 spiro atoms. The first-order chi connectivity index (χ1) is 6.07. The Bertz CT molecular complexity index is 161. The third-order valence-electron chi connectivity index (χ3n) is 2.98. The molecule has 0 radical (unpaired) electrons. The lowest BCUT2D eigenvalue weighted by Crippen LogP contribution is -2.36. The van der Waals surface area contributed by atoms with Crippen molar-refractivity contribution in [3.63, 3.8) is 0 Å². The Morgan fingerprint density at radius 2 is 2.00 bits per heavy atom. The average Bonchev–Trinajstić information content (AvgIpc) is 2.28. The number of likely N-dealkylation sites (tertiary alicyclic amines) is 1. The smallest absolute Gasteiger partial charge is 0.0890 e. The van der Waals surface area contributed by atoms with Gasteiger partial charge in [-0.05, 0) is 39.7 Å². The normalized spacial score (nSPS) is 32.1. The molecule has 3 heteroatoms. The fraction of sp³-hybridized carbons (Fsp3) is 1.00. The van der Waals surface area contributed by atoms with Gasteiger partial charge in [-0.1, -0.05) is 0 Å². The van der Waals surface area contributed by atoms with Gasteiger partial charge in [-0.2, -0.15) is 0 Å². The molecule has 1 aliphatic heterocycles. The van der Waals surface area contributed by atoms with Crippen LogP contribution in [-0.2, 0) is 0 Å². The van der Waals surface area contributed by atoms with Gasteiger partial charge in [0.05, 0.1) is 12.2 Å². The highest BCUT2D eigenvalue weighted by molar-refractivity contribution is 4.83. The van der Waals surface area contributed by atoms with Crippen LogP contribution in [0.4, 0.5) is 0 Å². The molecule has 0 aromatic rings. The van der Waals surface area contributed by atoms with Gasteiger partial charge in [-0.25, -0.2) is 0 Å². The van der Waals surface area contributed by atoms with Gasteiger partial charge in [-0.15, -0.1) is 0 Å². The number of aliphatic hydroxyl groups is 2. The second kappa shape index (κ2) is 4.40. The molecule has 0 saturated carbocycles. The summed E-state index contributed by atoms with van der Waals surface area (Å²) in [4.78, 5) is 2.35. The number of hydrogen-bond acceptors (Lipinski definition) is 3. The Labute approximate surface area is 80.4 Å². The van der Waals surface area contributed by atoms with Crippen LogP contribution in [0.5, 0.6) is 0 Å². The highest BCUT2D eigenvalue weighted by Crippen LogP contribution is 2.22. The molecule has 0 aromatic heterocycles. The van der Waals surface area contributed by atoms with Gasteiger partial charge in [0.1, 0.15) is 0 Å². The second-order valence-corrected chi connectivity index (χ2v) is 4.37. The van der Waals surface area contributed by atoms with E-state index in [1.807, 2.05) is 0 Å². The summed E-state index contributed by atoms with van der Waals surface area (Å²) < 4.78 is 0. The molecule has 1 unspecified atom stereocenters. The maximum atomic E-state index is 9.88. The van der Waals surface area contributed by atoms with Gasteiger partial charge < -0.3 is 15.1 Å². The molecule has 1 atom stereocenters. The zero-order chi connectivity index (χ0) is 9.90. The van der Waals surface area contributed by atoms with E-state index in [0.29, 0.717) is 12.5 Å². The second-order valence-electron chi connectivity index (χ2n) is 4.37. The number of rotatable bonds is 2. The molecule has 78 valence electrons. The van der Waals surface area contributed by atoms with Gasteiger partial charge in [-0.3, -0.25) is 0 Å². The van der Waals surface area contributed by atoms with E-state index < -0.39 is 5.60 Å². The lowest BCUT2D eigenvalue weighted by atomic mass is 9.96. The van der Waals surface area contributed by atoms with Gasteiger partial charge in [0.25, 0.3) is 0 Å². The molecule has 13 heavy (non-hydrogen) atoms. The Morgan fingerprint density at radius 1 is 1.31 bits per heavy atom. The summed E-state index contributed by atoms with van der Waals surface area (Å²) in [7, 11) is 0. The topological polar surface area (TPSA) is 43.7 Å². The molecule has 0 aromatic carbocycles. The lowest BCUT2D eigenvalue weighted by molar-refractivity contribution is -0.0258. The average molecular weight is 187 g/mol. The minimum absolute atomic E-state index is 0.0983. The summed E-state index contributed by atoms with van der Waals surface area (Å²) in [5, 5.41) is 18.9. The summed E-state index contributed by atoms with van der Waals surface area (Å²) in [6.45, 7) is 6.18. The Hall–Kier alpha value is -0.120. The van der Waals surface area contributed by atoms with Crippen molar-refractivity contribution in [2.75, 3.05) is 19.7 Å². The summed E-state index contributed by atoms with van der Waals surface area (Å²) in [6, 6.07) is 0.543. The predicted molar refractivity (Wildman–Crippen MR) is 52.6 cm³/mol. The van der Waals surface area contributed by atoms with Crippen molar-refractivity contribution in [1.82, 2.24) is 4.90 Å². The molecule has 0 bridgehead atoms. The molecular formula is C10H21NO2. The van der Waals surface area contributed by atoms with Crippen molar-refractivity contribution in [2.45, 2.75) is 44.8 Å². The highest BCUT2D eigenvalue weighted by atomic mass is 16.3. The van der Waals surface area contributed by atoms with E-state index in [1.165, 1.54) is 0 Å². The molecular weight excluding hydrogens is 166 g/mol. The number of nitrogens with zero attached hydrogens (tertiary/aromatic N) is 1. The van der Waals surface area contributed by atoms with E-state index in [0.717, 1.165) is 25.9 Å². The molecule has 3 nitrogen and oxygen atoms in total. The molecule has 1 fully saturated rings. The monoisotopic (exact) mass is 187 g/mol. The summed E-state index contributed by atoms with van der Waals surface area (Å²) in [6.07, 6.45) is 2.41. The third kappa shape index (κ3) is 2.93. The first kappa shape index (κ1) is 11.0. The van der Waals surface area contributed by atoms with E-state index >= 15 is 0 Å². The van der Waals surface area contributed by atoms with E-state index in [1.54, 1.807) is 0 Å². The standard InChI is InChI=1S/C10H21NO2/c1-9(2)11-6-3-4-10(13,8-12)5-7-11/h9,12-13H,3-8H2,1-2H3. The van der Waals surface area contributed by atoms with E-state index in [4.69, 9.17) is 5.11 Å². The number of aliphatic hydroxyl groups excluding tert-OH is 1. The van der Waals surface area contributed by atoms with E-state index in [2.05, 4.69) is 18.7 Å². The summed E-state index contributed by atoms with van der Waals surface area (Å²) >= 11 is 0. The molecule has 1 aliphatic rings. The van der Waals surface area contributed by atoms with Crippen LogP contribution in [0.15, 0.2) is 0 Å². The van der Waals surface area contributed by atoms with Crippen LogP contribution in [0.3, 0.4) is 0 Å². The zero-order valence-electron chi connectivity index (χ0n) is 8.66. The zero-order valence-corrected chi connectivity index (χ0v) is 8.66. The van der Waals surface area contributed by atoms with Crippen molar-refractivity contribution < 1.29 is 10.2 Å². The van der Waals surface area contributed by atoms with Crippen molar-refractivity contribution in [1.29, 1.82) is 0 Å². The van der Waals surface area contributed by atoms with Crippen LogP contribution in [-0.4, -0.2) is 46.5 Å². The maximum Gasteiger partial charge on any atom is 0.0890 e. The van der Waals surface area contributed by atoms with Gasteiger partial charge in [0.2, 0.25) is 0 Å². The van der Waals surface area contributed by atoms with E-state index in [-0.39, 0.29) is 6.61 Å². The Kier molecular flexibility index (Phi) is 3.71. The molecule has 2 N–H and O–H groups in total. The van der Waals surface area contributed by atoms with Crippen LogP contribution in [0.1, 0.15) is 33.1 Å². The maximum absolute atomic E-state index is 9.88. The largest absolute Gasteiger partial charge is 0.393 e. The van der Waals surface area contributed by atoms with Crippen molar-refractivity contribution in [3.8, 4) is 0 Å².